The Kier molecular flexibility index (Phi) is 4.78. The van der Waals surface area contributed by atoms with E-state index in [2.05, 4.69) is 33.5 Å². The molecule has 0 fully saturated rings. The Labute approximate surface area is 92.1 Å². The van der Waals surface area contributed by atoms with E-state index in [0.717, 1.165) is 11.3 Å². The predicted octanol–water partition coefficient (Wildman–Crippen LogP) is 1.89. The molecule has 1 unspecified atom stereocenters. The first kappa shape index (κ1) is 13.9. The molecule has 0 N–H and O–H groups in total. The van der Waals surface area contributed by atoms with Crippen LogP contribution in [0.4, 0.5) is 0 Å². The fourth-order valence-electron chi connectivity index (χ4n) is 1.39. The molecule has 0 aromatic heterocycles. The Morgan fingerprint density at radius 3 is 2.07 bits per heavy atom. The standard InChI is InChI=1S/C11H17NO.BO/c1-7-9(8(2)13)6-10(12-7)11(3,4)5;1-2/h6-7H,1-5H3;. The minimum absolute atomic E-state index is 0.0471. The van der Waals surface area contributed by atoms with Crippen LogP contribution in [0.1, 0.15) is 34.6 Å². The van der Waals surface area contributed by atoms with E-state index in [-0.39, 0.29) is 17.2 Å². The summed E-state index contributed by atoms with van der Waals surface area (Å²) in [5, 5.41) is 0. The third-order valence-electron chi connectivity index (χ3n) is 2.25. The van der Waals surface area contributed by atoms with Crippen molar-refractivity contribution in [2.24, 2.45) is 10.4 Å². The van der Waals surface area contributed by atoms with Crippen LogP contribution in [0.3, 0.4) is 0 Å². The minimum atomic E-state index is 0.0471. The second kappa shape index (κ2) is 5.15. The molecule has 1 heterocycles. The fraction of sp³-hybridized carbons (Fsp3) is 0.636. The molecular weight excluding hydrogens is 189 g/mol. The van der Waals surface area contributed by atoms with Crippen LogP contribution in [0, 0.1) is 5.41 Å². The topological polar surface area (TPSA) is 46.5 Å². The molecule has 15 heavy (non-hydrogen) atoms. The molecule has 0 amide bonds. The number of allylic oxidation sites excluding steroid dienone is 1. The van der Waals surface area contributed by atoms with E-state index >= 15 is 0 Å². The molecular formula is C11H17BNO2. The van der Waals surface area contributed by atoms with Gasteiger partial charge in [-0.2, -0.15) is 0 Å². The number of nitrogens with zero attached hydrogens (tertiary/aromatic N) is 1. The Hall–Kier alpha value is -1.06. The molecule has 1 aliphatic rings. The van der Waals surface area contributed by atoms with Gasteiger partial charge in [0, 0.05) is 16.7 Å². The van der Waals surface area contributed by atoms with Gasteiger partial charge in [0.15, 0.2) is 5.78 Å². The summed E-state index contributed by atoms with van der Waals surface area (Å²) in [6.45, 7) is 9.89. The van der Waals surface area contributed by atoms with E-state index in [1.54, 1.807) is 6.92 Å². The van der Waals surface area contributed by atoms with Crippen molar-refractivity contribution < 1.29 is 9.50 Å². The summed E-state index contributed by atoms with van der Waals surface area (Å²) < 4.78 is 7.75. The molecule has 1 radical (unpaired) electrons. The van der Waals surface area contributed by atoms with Gasteiger partial charge in [-0.3, -0.25) is 9.79 Å². The summed E-state index contributed by atoms with van der Waals surface area (Å²) in [6, 6.07) is 0.0479. The van der Waals surface area contributed by atoms with Crippen molar-refractivity contribution in [3.05, 3.63) is 11.6 Å². The van der Waals surface area contributed by atoms with E-state index < -0.39 is 0 Å². The molecule has 0 saturated carbocycles. The molecule has 1 rings (SSSR count). The van der Waals surface area contributed by atoms with Crippen LogP contribution >= 0.6 is 0 Å². The van der Waals surface area contributed by atoms with E-state index in [1.165, 1.54) is 0 Å². The SMILES string of the molecule is CC(=O)C1=CC(C(C)(C)C)=NC1C.[B]=O. The molecule has 3 nitrogen and oxygen atoms in total. The summed E-state index contributed by atoms with van der Waals surface area (Å²) in [4.78, 5) is 15.7. The molecule has 4 heteroatoms. The molecule has 0 bridgehead atoms. The number of carbonyl (C=O) groups excluding carboxylic acids is 1. The van der Waals surface area contributed by atoms with Gasteiger partial charge in [0.05, 0.1) is 6.04 Å². The van der Waals surface area contributed by atoms with Gasteiger partial charge in [-0.1, -0.05) is 20.8 Å². The zero-order valence-electron chi connectivity index (χ0n) is 10.00. The molecule has 0 spiro atoms. The Morgan fingerprint density at radius 2 is 1.87 bits per heavy atom. The van der Waals surface area contributed by atoms with Crippen molar-refractivity contribution >= 4 is 19.2 Å². The third kappa shape index (κ3) is 3.53. The van der Waals surface area contributed by atoms with Crippen molar-refractivity contribution in [1.29, 1.82) is 0 Å². The molecule has 0 aliphatic carbocycles. The van der Waals surface area contributed by atoms with Gasteiger partial charge >= 0.3 is 12.4 Å². The van der Waals surface area contributed by atoms with E-state index in [1.807, 2.05) is 13.0 Å². The van der Waals surface area contributed by atoms with E-state index in [4.69, 9.17) is 4.70 Å². The maximum absolute atomic E-state index is 11.2. The number of Topliss-reactive ketones (excluding diaryl/α,β-unsaturated/α-hetero) is 1. The molecule has 0 saturated heterocycles. The average Bonchev–Trinajstić information content (AvgIpc) is 2.50. The quantitative estimate of drug-likeness (QED) is 0.615. The van der Waals surface area contributed by atoms with Gasteiger partial charge in [0.1, 0.15) is 0 Å². The number of hydrogen-bond donors (Lipinski definition) is 0. The molecule has 0 aromatic rings. The predicted molar refractivity (Wildman–Crippen MR) is 61.6 cm³/mol. The molecule has 1 aliphatic heterocycles. The summed E-state index contributed by atoms with van der Waals surface area (Å²) in [5.74, 6) is 0.135. The monoisotopic (exact) mass is 206 g/mol. The Bertz CT molecular complexity index is 313. The first-order valence-electron chi connectivity index (χ1n) is 4.87. The van der Waals surface area contributed by atoms with Gasteiger partial charge < -0.3 is 0 Å². The zero-order chi connectivity index (χ0) is 12.2. The number of ketones is 1. The van der Waals surface area contributed by atoms with Gasteiger partial charge in [0.2, 0.25) is 0 Å². The average molecular weight is 206 g/mol. The van der Waals surface area contributed by atoms with Crippen molar-refractivity contribution in [2.45, 2.75) is 40.7 Å². The summed E-state index contributed by atoms with van der Waals surface area (Å²) in [7, 11) is 3.25. The molecule has 1 atom stereocenters. The van der Waals surface area contributed by atoms with Crippen LogP contribution in [0.2, 0.25) is 0 Å². The summed E-state index contributed by atoms with van der Waals surface area (Å²) >= 11 is 0. The second-order valence-electron chi connectivity index (χ2n) is 4.60. The maximum atomic E-state index is 11.2. The van der Waals surface area contributed by atoms with Gasteiger partial charge in [-0.15, -0.1) is 0 Å². The van der Waals surface area contributed by atoms with Crippen LogP contribution in [0.25, 0.3) is 0 Å². The van der Waals surface area contributed by atoms with Gasteiger partial charge in [0.25, 0.3) is 0 Å². The van der Waals surface area contributed by atoms with Crippen molar-refractivity contribution in [3.63, 3.8) is 0 Å². The van der Waals surface area contributed by atoms with Crippen LogP contribution in [0.5, 0.6) is 0 Å². The van der Waals surface area contributed by atoms with Crippen molar-refractivity contribution in [3.8, 4) is 0 Å². The fourth-order valence-corrected chi connectivity index (χ4v) is 1.39. The number of aliphatic imine (C=N–C) groups is 1. The first-order valence-corrected chi connectivity index (χ1v) is 4.87. The summed E-state index contributed by atoms with van der Waals surface area (Å²) in [5.41, 5.74) is 1.92. The zero-order valence-corrected chi connectivity index (χ0v) is 10.00. The number of hydrogen-bond acceptors (Lipinski definition) is 3. The van der Waals surface area contributed by atoms with Crippen molar-refractivity contribution in [2.75, 3.05) is 0 Å². The number of carbonyl (C=O) groups is 1. The first-order chi connectivity index (χ1) is 6.82. The van der Waals surface area contributed by atoms with E-state index in [0.29, 0.717) is 0 Å². The third-order valence-corrected chi connectivity index (χ3v) is 2.25. The molecule has 0 aromatic carbocycles. The normalized spacial score (nSPS) is 19.9. The second-order valence-corrected chi connectivity index (χ2v) is 4.60. The van der Waals surface area contributed by atoms with Crippen LogP contribution in [-0.4, -0.2) is 25.3 Å². The van der Waals surface area contributed by atoms with Crippen LogP contribution in [0.15, 0.2) is 16.6 Å². The Morgan fingerprint density at radius 1 is 1.40 bits per heavy atom. The number of rotatable bonds is 1. The van der Waals surface area contributed by atoms with E-state index in [9.17, 15) is 4.79 Å². The van der Waals surface area contributed by atoms with Crippen molar-refractivity contribution in [1.82, 2.24) is 0 Å². The van der Waals surface area contributed by atoms with Gasteiger partial charge in [-0.05, 0) is 19.9 Å². The van der Waals surface area contributed by atoms with Crippen LogP contribution in [-0.2, 0) is 9.50 Å². The Balaban J connectivity index is 0.000000921. The summed E-state index contributed by atoms with van der Waals surface area (Å²) in [6.07, 6.45) is 1.94. The van der Waals surface area contributed by atoms with Crippen LogP contribution < -0.4 is 0 Å². The van der Waals surface area contributed by atoms with Gasteiger partial charge in [-0.25, -0.2) is 0 Å². The molecule has 81 valence electrons.